The van der Waals surface area contributed by atoms with E-state index in [0.29, 0.717) is 12.6 Å². The largest absolute Gasteiger partial charge is 0.374 e. The molecular weight excluding hydrogens is 242 g/mol. The van der Waals surface area contributed by atoms with Gasteiger partial charge in [-0.2, -0.15) is 0 Å². The molecule has 1 amide bonds. The Morgan fingerprint density at radius 2 is 2.11 bits per heavy atom. The Morgan fingerprint density at radius 3 is 2.84 bits per heavy atom. The quantitative estimate of drug-likeness (QED) is 0.756. The van der Waals surface area contributed by atoms with E-state index in [1.165, 1.54) is 19.3 Å². The van der Waals surface area contributed by atoms with Crippen molar-refractivity contribution in [2.45, 2.75) is 44.2 Å². The molecule has 1 saturated heterocycles. The van der Waals surface area contributed by atoms with Crippen molar-refractivity contribution in [1.82, 2.24) is 15.5 Å². The molecule has 2 N–H and O–H groups in total. The summed E-state index contributed by atoms with van der Waals surface area (Å²) in [5.41, 5.74) is 0. The number of morpholine rings is 1. The van der Waals surface area contributed by atoms with Gasteiger partial charge in [0.25, 0.3) is 0 Å². The molecule has 0 bridgehead atoms. The summed E-state index contributed by atoms with van der Waals surface area (Å²) in [6, 6.07) is 0.403. The van der Waals surface area contributed by atoms with Crippen molar-refractivity contribution >= 4 is 5.91 Å². The molecule has 2 rings (SSSR count). The molecule has 1 aliphatic carbocycles. The maximum atomic E-state index is 11.8. The minimum Gasteiger partial charge on any atom is -0.374 e. The Labute approximate surface area is 116 Å². The summed E-state index contributed by atoms with van der Waals surface area (Å²) in [4.78, 5) is 14.1. The maximum absolute atomic E-state index is 11.8. The number of amides is 1. The van der Waals surface area contributed by atoms with Gasteiger partial charge in [-0.1, -0.05) is 19.3 Å². The lowest BCUT2D eigenvalue weighted by Crippen LogP contribution is -2.47. The van der Waals surface area contributed by atoms with Crippen LogP contribution in [0.2, 0.25) is 0 Å². The Hall–Kier alpha value is -0.650. The molecule has 1 aliphatic heterocycles. The molecule has 0 aromatic rings. The Kier molecular flexibility index (Phi) is 6.07. The van der Waals surface area contributed by atoms with E-state index in [-0.39, 0.29) is 12.0 Å². The van der Waals surface area contributed by atoms with Crippen LogP contribution in [-0.4, -0.2) is 62.8 Å². The standard InChI is InChI=1S/C14H27N3O2/c1-17-7-8-19-13(11-17)9-15-10-14(18)16-12-5-3-2-4-6-12/h12-13,15H,2-11H2,1H3,(H,16,18). The predicted molar refractivity (Wildman–Crippen MR) is 75.1 cm³/mol. The van der Waals surface area contributed by atoms with E-state index < -0.39 is 0 Å². The lowest BCUT2D eigenvalue weighted by Gasteiger charge is -2.30. The van der Waals surface area contributed by atoms with Gasteiger partial charge in [-0.25, -0.2) is 0 Å². The topological polar surface area (TPSA) is 53.6 Å². The minimum absolute atomic E-state index is 0.121. The number of carbonyl (C=O) groups excluding carboxylic acids is 1. The minimum atomic E-state index is 0.121. The Bertz CT molecular complexity index is 280. The van der Waals surface area contributed by atoms with Crippen LogP contribution in [-0.2, 0) is 9.53 Å². The molecule has 0 aromatic carbocycles. The van der Waals surface area contributed by atoms with Crippen LogP contribution in [0.15, 0.2) is 0 Å². The van der Waals surface area contributed by atoms with Crippen LogP contribution in [0.4, 0.5) is 0 Å². The molecule has 1 heterocycles. The van der Waals surface area contributed by atoms with Crippen molar-refractivity contribution < 1.29 is 9.53 Å². The van der Waals surface area contributed by atoms with Crippen LogP contribution < -0.4 is 10.6 Å². The highest BCUT2D eigenvalue weighted by molar-refractivity contribution is 5.78. The van der Waals surface area contributed by atoms with Gasteiger partial charge in [-0.15, -0.1) is 0 Å². The van der Waals surface area contributed by atoms with Gasteiger partial charge < -0.3 is 20.3 Å². The number of carbonyl (C=O) groups is 1. The van der Waals surface area contributed by atoms with Crippen molar-refractivity contribution in [3.8, 4) is 0 Å². The molecule has 5 nitrogen and oxygen atoms in total. The molecule has 0 radical (unpaired) electrons. The maximum Gasteiger partial charge on any atom is 0.234 e. The zero-order valence-corrected chi connectivity index (χ0v) is 12.0. The van der Waals surface area contributed by atoms with E-state index in [2.05, 4.69) is 22.6 Å². The third-order valence-corrected chi connectivity index (χ3v) is 3.97. The summed E-state index contributed by atoms with van der Waals surface area (Å²) in [6.45, 7) is 3.88. The van der Waals surface area contributed by atoms with Gasteiger partial charge >= 0.3 is 0 Å². The molecule has 1 unspecified atom stereocenters. The zero-order chi connectivity index (χ0) is 13.5. The van der Waals surface area contributed by atoms with Gasteiger partial charge in [0, 0.05) is 25.7 Å². The third kappa shape index (κ3) is 5.47. The van der Waals surface area contributed by atoms with Crippen LogP contribution in [0.1, 0.15) is 32.1 Å². The first kappa shape index (κ1) is 14.8. The summed E-state index contributed by atoms with van der Waals surface area (Å²) < 4.78 is 5.64. The van der Waals surface area contributed by atoms with Gasteiger partial charge in [0.15, 0.2) is 0 Å². The lowest BCUT2D eigenvalue weighted by molar-refractivity contribution is -0.121. The number of likely N-dealkylation sites (N-methyl/N-ethyl adjacent to an activating group) is 1. The van der Waals surface area contributed by atoms with E-state index in [4.69, 9.17) is 4.74 Å². The first-order valence-electron chi connectivity index (χ1n) is 7.54. The number of ether oxygens (including phenoxy) is 1. The fourth-order valence-corrected chi connectivity index (χ4v) is 2.86. The monoisotopic (exact) mass is 269 g/mol. The van der Waals surface area contributed by atoms with Crippen LogP contribution >= 0.6 is 0 Å². The summed E-state index contributed by atoms with van der Waals surface area (Å²) in [6.07, 6.45) is 6.31. The molecule has 1 atom stereocenters. The highest BCUT2D eigenvalue weighted by atomic mass is 16.5. The second-order valence-electron chi connectivity index (χ2n) is 5.79. The molecule has 110 valence electrons. The Morgan fingerprint density at radius 1 is 1.32 bits per heavy atom. The van der Waals surface area contributed by atoms with E-state index in [0.717, 1.165) is 39.1 Å². The van der Waals surface area contributed by atoms with Crippen molar-refractivity contribution in [2.24, 2.45) is 0 Å². The molecule has 1 saturated carbocycles. The van der Waals surface area contributed by atoms with Crippen LogP contribution in [0.5, 0.6) is 0 Å². The van der Waals surface area contributed by atoms with Crippen molar-refractivity contribution in [3.05, 3.63) is 0 Å². The molecule has 0 aromatic heterocycles. The summed E-state index contributed by atoms with van der Waals surface area (Å²) in [7, 11) is 2.10. The molecule has 5 heteroatoms. The molecular formula is C14H27N3O2. The average Bonchev–Trinajstić information content (AvgIpc) is 2.40. The summed E-state index contributed by atoms with van der Waals surface area (Å²) >= 11 is 0. The zero-order valence-electron chi connectivity index (χ0n) is 12.0. The van der Waals surface area contributed by atoms with Gasteiger partial charge in [-0.3, -0.25) is 4.79 Å². The van der Waals surface area contributed by atoms with Gasteiger partial charge in [0.2, 0.25) is 5.91 Å². The number of hydrogen-bond acceptors (Lipinski definition) is 4. The van der Waals surface area contributed by atoms with Crippen molar-refractivity contribution in [1.29, 1.82) is 0 Å². The van der Waals surface area contributed by atoms with Gasteiger partial charge in [-0.05, 0) is 19.9 Å². The van der Waals surface area contributed by atoms with E-state index in [1.54, 1.807) is 0 Å². The van der Waals surface area contributed by atoms with Crippen LogP contribution in [0, 0.1) is 0 Å². The molecule has 0 spiro atoms. The summed E-state index contributed by atoms with van der Waals surface area (Å²) in [5, 5.41) is 6.31. The van der Waals surface area contributed by atoms with E-state index in [9.17, 15) is 4.79 Å². The van der Waals surface area contributed by atoms with Crippen molar-refractivity contribution in [3.63, 3.8) is 0 Å². The SMILES string of the molecule is CN1CCOC(CNCC(=O)NC2CCCCC2)C1. The van der Waals surface area contributed by atoms with Gasteiger partial charge in [0.05, 0.1) is 19.3 Å². The number of nitrogens with one attached hydrogen (secondary N) is 2. The number of nitrogens with zero attached hydrogens (tertiary/aromatic N) is 1. The predicted octanol–water partition coefficient (Wildman–Crippen LogP) is 0.356. The summed E-state index contributed by atoms with van der Waals surface area (Å²) in [5.74, 6) is 0.121. The first-order valence-corrected chi connectivity index (χ1v) is 7.54. The number of hydrogen-bond donors (Lipinski definition) is 2. The second-order valence-corrected chi connectivity index (χ2v) is 5.79. The molecule has 19 heavy (non-hydrogen) atoms. The fraction of sp³-hybridized carbons (Fsp3) is 0.929. The molecule has 2 aliphatic rings. The second kappa shape index (κ2) is 7.82. The van der Waals surface area contributed by atoms with E-state index in [1.807, 2.05) is 0 Å². The van der Waals surface area contributed by atoms with Crippen molar-refractivity contribution in [2.75, 3.05) is 39.8 Å². The first-order chi connectivity index (χ1) is 9.24. The highest BCUT2D eigenvalue weighted by Gasteiger charge is 2.18. The van der Waals surface area contributed by atoms with Crippen LogP contribution in [0.25, 0.3) is 0 Å². The Balaban J connectivity index is 1.55. The smallest absolute Gasteiger partial charge is 0.234 e. The highest BCUT2D eigenvalue weighted by Crippen LogP contribution is 2.17. The van der Waals surface area contributed by atoms with Crippen LogP contribution in [0.3, 0.4) is 0 Å². The number of rotatable bonds is 5. The van der Waals surface area contributed by atoms with E-state index >= 15 is 0 Å². The average molecular weight is 269 g/mol. The fourth-order valence-electron chi connectivity index (χ4n) is 2.86. The third-order valence-electron chi connectivity index (χ3n) is 3.97. The normalized spacial score (nSPS) is 26.3. The van der Waals surface area contributed by atoms with Gasteiger partial charge in [0.1, 0.15) is 0 Å². The molecule has 2 fully saturated rings. The lowest BCUT2D eigenvalue weighted by atomic mass is 9.95.